The van der Waals surface area contributed by atoms with Gasteiger partial charge in [0.2, 0.25) is 10.0 Å². The van der Waals surface area contributed by atoms with Gasteiger partial charge >= 0.3 is 5.97 Å². The number of methoxy groups -OCH3 is 1. The van der Waals surface area contributed by atoms with E-state index >= 15 is 0 Å². The number of rotatable bonds is 8. The summed E-state index contributed by atoms with van der Waals surface area (Å²) in [4.78, 5) is 10.8. The first-order valence-electron chi connectivity index (χ1n) is 5.97. The number of carboxylic acid groups (broad SMARTS) is 1. The summed E-state index contributed by atoms with van der Waals surface area (Å²) >= 11 is 11.7. The van der Waals surface area contributed by atoms with Crippen LogP contribution in [0.1, 0.15) is 12.8 Å². The van der Waals surface area contributed by atoms with Crippen molar-refractivity contribution in [2.75, 3.05) is 13.7 Å². The molecule has 118 valence electrons. The highest BCUT2D eigenvalue weighted by molar-refractivity contribution is 7.89. The predicted molar refractivity (Wildman–Crippen MR) is 79.3 cm³/mol. The predicted octanol–water partition coefficient (Wildman–Crippen LogP) is 2.15. The van der Waals surface area contributed by atoms with Crippen molar-refractivity contribution in [2.24, 2.45) is 0 Å². The maximum absolute atomic E-state index is 12.2. The van der Waals surface area contributed by atoms with E-state index in [9.17, 15) is 13.2 Å². The van der Waals surface area contributed by atoms with Crippen LogP contribution < -0.4 is 4.72 Å². The topological polar surface area (TPSA) is 92.7 Å². The van der Waals surface area contributed by atoms with Crippen LogP contribution in [0.3, 0.4) is 0 Å². The quantitative estimate of drug-likeness (QED) is 0.697. The first kappa shape index (κ1) is 18.2. The van der Waals surface area contributed by atoms with Crippen LogP contribution in [0.4, 0.5) is 0 Å². The molecule has 1 aromatic rings. The summed E-state index contributed by atoms with van der Waals surface area (Å²) in [5.41, 5.74) is 0. The molecular weight excluding hydrogens is 341 g/mol. The lowest BCUT2D eigenvalue weighted by atomic mass is 10.2. The number of halogens is 2. The zero-order valence-electron chi connectivity index (χ0n) is 11.2. The second-order valence-corrected chi connectivity index (χ2v) is 6.66. The number of carboxylic acids is 1. The van der Waals surface area contributed by atoms with Crippen molar-refractivity contribution in [1.29, 1.82) is 0 Å². The molecule has 1 aromatic carbocycles. The van der Waals surface area contributed by atoms with E-state index in [0.29, 0.717) is 13.0 Å². The Morgan fingerprint density at radius 2 is 1.95 bits per heavy atom. The Bertz CT molecular complexity index is 585. The fourth-order valence-electron chi connectivity index (χ4n) is 1.65. The smallest absolute Gasteiger partial charge is 0.321 e. The zero-order chi connectivity index (χ0) is 16.0. The number of hydrogen-bond acceptors (Lipinski definition) is 4. The Balaban J connectivity index is 2.99. The maximum atomic E-state index is 12.2. The van der Waals surface area contributed by atoms with Crippen LogP contribution in [0, 0.1) is 0 Å². The van der Waals surface area contributed by atoms with Gasteiger partial charge in [0.1, 0.15) is 10.9 Å². The summed E-state index contributed by atoms with van der Waals surface area (Å²) in [7, 11) is -2.66. The van der Waals surface area contributed by atoms with E-state index in [1.54, 1.807) is 0 Å². The van der Waals surface area contributed by atoms with Gasteiger partial charge in [-0.2, -0.15) is 4.72 Å². The molecule has 0 aromatic heterocycles. The average Bonchev–Trinajstić information content (AvgIpc) is 2.37. The highest BCUT2D eigenvalue weighted by Gasteiger charge is 2.28. The van der Waals surface area contributed by atoms with Gasteiger partial charge in [-0.1, -0.05) is 29.3 Å². The van der Waals surface area contributed by atoms with Crippen molar-refractivity contribution in [3.63, 3.8) is 0 Å². The molecule has 0 radical (unpaired) electrons. The Kier molecular flexibility index (Phi) is 6.89. The number of hydrogen-bond donors (Lipinski definition) is 2. The SMILES string of the molecule is COCCCC(NS(=O)(=O)c1c(Cl)cccc1Cl)C(=O)O. The van der Waals surface area contributed by atoms with Crippen molar-refractivity contribution >= 4 is 39.2 Å². The van der Waals surface area contributed by atoms with Gasteiger partial charge in [0.05, 0.1) is 10.0 Å². The third-order valence-corrected chi connectivity index (χ3v) is 5.05. The Morgan fingerprint density at radius 3 is 2.43 bits per heavy atom. The molecule has 2 N–H and O–H groups in total. The van der Waals surface area contributed by atoms with Crippen molar-refractivity contribution in [1.82, 2.24) is 4.72 Å². The van der Waals surface area contributed by atoms with Crippen LogP contribution in [0.5, 0.6) is 0 Å². The van der Waals surface area contributed by atoms with Crippen LogP contribution in [0.15, 0.2) is 23.1 Å². The number of sulfonamides is 1. The molecule has 0 spiro atoms. The Morgan fingerprint density at radius 1 is 1.38 bits per heavy atom. The molecule has 9 heteroatoms. The van der Waals surface area contributed by atoms with E-state index in [4.69, 9.17) is 33.0 Å². The average molecular weight is 356 g/mol. The lowest BCUT2D eigenvalue weighted by Gasteiger charge is -2.16. The van der Waals surface area contributed by atoms with Crippen LogP contribution in [-0.4, -0.2) is 39.3 Å². The minimum Gasteiger partial charge on any atom is -0.480 e. The zero-order valence-corrected chi connectivity index (χ0v) is 13.5. The van der Waals surface area contributed by atoms with Gasteiger partial charge in [0.15, 0.2) is 0 Å². The van der Waals surface area contributed by atoms with Crippen LogP contribution >= 0.6 is 23.2 Å². The molecule has 0 amide bonds. The molecule has 6 nitrogen and oxygen atoms in total. The van der Waals surface area contributed by atoms with Gasteiger partial charge in [-0.3, -0.25) is 4.79 Å². The first-order chi connectivity index (χ1) is 9.79. The lowest BCUT2D eigenvalue weighted by molar-refractivity contribution is -0.139. The monoisotopic (exact) mass is 355 g/mol. The van der Waals surface area contributed by atoms with E-state index < -0.39 is 22.0 Å². The van der Waals surface area contributed by atoms with Crippen LogP contribution in [0.25, 0.3) is 0 Å². The van der Waals surface area contributed by atoms with Gasteiger partial charge < -0.3 is 9.84 Å². The fraction of sp³-hybridized carbons (Fsp3) is 0.417. The summed E-state index contributed by atoms with van der Waals surface area (Å²) in [5, 5.41) is 8.94. The molecule has 21 heavy (non-hydrogen) atoms. The molecule has 0 fully saturated rings. The molecule has 0 aliphatic carbocycles. The van der Waals surface area contributed by atoms with E-state index in [1.165, 1.54) is 25.3 Å². The van der Waals surface area contributed by atoms with Gasteiger partial charge in [-0.05, 0) is 25.0 Å². The van der Waals surface area contributed by atoms with E-state index in [-0.39, 0.29) is 21.4 Å². The third-order valence-electron chi connectivity index (χ3n) is 2.62. The van der Waals surface area contributed by atoms with Crippen molar-refractivity contribution in [3.8, 4) is 0 Å². The maximum Gasteiger partial charge on any atom is 0.321 e. The van der Waals surface area contributed by atoms with Crippen molar-refractivity contribution < 1.29 is 23.1 Å². The molecule has 1 atom stereocenters. The van der Waals surface area contributed by atoms with Crippen LogP contribution in [0.2, 0.25) is 10.0 Å². The summed E-state index contributed by atoms with van der Waals surface area (Å²) in [6.07, 6.45) is 0.483. The highest BCUT2D eigenvalue weighted by atomic mass is 35.5. The largest absolute Gasteiger partial charge is 0.480 e. The Labute approximate surface area is 133 Å². The standard InChI is InChI=1S/C12H15Cl2NO5S/c1-20-7-3-6-10(12(16)17)15-21(18,19)11-8(13)4-2-5-9(11)14/h2,4-5,10,15H,3,6-7H2,1H3,(H,16,17). The molecule has 0 saturated heterocycles. The van der Waals surface area contributed by atoms with E-state index in [0.717, 1.165) is 0 Å². The molecule has 0 aliphatic rings. The molecule has 1 unspecified atom stereocenters. The molecule has 0 heterocycles. The van der Waals surface area contributed by atoms with Crippen LogP contribution in [-0.2, 0) is 19.6 Å². The number of benzene rings is 1. The third kappa shape index (κ3) is 5.12. The minimum atomic E-state index is -4.14. The lowest BCUT2D eigenvalue weighted by Crippen LogP contribution is -2.41. The summed E-state index contributed by atoms with van der Waals surface area (Å²) in [6, 6.07) is 2.94. The first-order valence-corrected chi connectivity index (χ1v) is 8.21. The number of aliphatic carboxylic acids is 1. The second kappa shape index (κ2) is 7.95. The molecule has 0 bridgehead atoms. The number of carbonyl (C=O) groups is 1. The number of ether oxygens (including phenoxy) is 1. The van der Waals surface area contributed by atoms with Gasteiger partial charge in [0.25, 0.3) is 0 Å². The fourth-order valence-corrected chi connectivity index (χ4v) is 4.02. The van der Waals surface area contributed by atoms with E-state index in [1.807, 2.05) is 0 Å². The Hall–Kier alpha value is -0.860. The summed E-state index contributed by atoms with van der Waals surface area (Å²) in [5.74, 6) is -1.28. The summed E-state index contributed by atoms with van der Waals surface area (Å²) in [6.45, 7) is 0.332. The molecular formula is C12H15Cl2NO5S. The van der Waals surface area contributed by atoms with Crippen molar-refractivity contribution in [2.45, 2.75) is 23.8 Å². The summed E-state index contributed by atoms with van der Waals surface area (Å²) < 4.78 is 31.4. The highest BCUT2D eigenvalue weighted by Crippen LogP contribution is 2.29. The van der Waals surface area contributed by atoms with Gasteiger partial charge in [-0.25, -0.2) is 8.42 Å². The molecule has 1 rings (SSSR count). The van der Waals surface area contributed by atoms with Gasteiger partial charge in [-0.15, -0.1) is 0 Å². The second-order valence-electron chi connectivity index (χ2n) is 4.20. The molecule has 0 aliphatic heterocycles. The normalized spacial score (nSPS) is 13.1. The van der Waals surface area contributed by atoms with Crippen molar-refractivity contribution in [3.05, 3.63) is 28.2 Å². The number of nitrogens with one attached hydrogen (secondary N) is 1. The van der Waals surface area contributed by atoms with Gasteiger partial charge in [0, 0.05) is 13.7 Å². The molecule has 0 saturated carbocycles. The van der Waals surface area contributed by atoms with E-state index in [2.05, 4.69) is 4.72 Å². The minimum absolute atomic E-state index is 0.0731.